The summed E-state index contributed by atoms with van der Waals surface area (Å²) >= 11 is 0. The fourth-order valence-corrected chi connectivity index (χ4v) is 2.32. The van der Waals surface area contributed by atoms with Crippen molar-refractivity contribution < 1.29 is 0 Å². The van der Waals surface area contributed by atoms with Gasteiger partial charge >= 0.3 is 0 Å². The summed E-state index contributed by atoms with van der Waals surface area (Å²) in [5, 5.41) is 0. The van der Waals surface area contributed by atoms with Crippen LogP contribution in [-0.4, -0.2) is 0 Å². The number of hydrogen-bond donors (Lipinski definition) is 0. The number of allylic oxidation sites excluding steroid dienone is 4. The van der Waals surface area contributed by atoms with E-state index in [0.717, 1.165) is 5.92 Å². The van der Waals surface area contributed by atoms with E-state index in [0.29, 0.717) is 5.92 Å². The molecule has 1 atom stereocenters. The first-order valence-electron chi connectivity index (χ1n) is 7.02. The van der Waals surface area contributed by atoms with Crippen LogP contribution in [0.5, 0.6) is 0 Å². The molecule has 0 aliphatic rings. The van der Waals surface area contributed by atoms with Crippen molar-refractivity contribution >= 4 is 0 Å². The van der Waals surface area contributed by atoms with Crippen molar-refractivity contribution in [1.82, 2.24) is 0 Å². The van der Waals surface area contributed by atoms with Crippen molar-refractivity contribution in [3.63, 3.8) is 0 Å². The summed E-state index contributed by atoms with van der Waals surface area (Å²) in [5.41, 5.74) is 2.87. The maximum Gasteiger partial charge on any atom is 0.00860 e. The summed E-state index contributed by atoms with van der Waals surface area (Å²) in [6, 6.07) is 10.9. The Balaban J connectivity index is 2.94. The van der Waals surface area contributed by atoms with Crippen LogP contribution < -0.4 is 0 Å². The minimum Gasteiger partial charge on any atom is -0.0874 e. The van der Waals surface area contributed by atoms with Gasteiger partial charge in [-0.15, -0.1) is 0 Å². The van der Waals surface area contributed by atoms with Crippen molar-refractivity contribution in [3.05, 3.63) is 59.7 Å². The normalized spacial score (nSPS) is 14.4. The lowest BCUT2D eigenvalue weighted by atomic mass is 9.85. The molecule has 0 nitrogen and oxygen atoms in total. The summed E-state index contributed by atoms with van der Waals surface area (Å²) in [5.74, 6) is 1.30. The highest BCUT2D eigenvalue weighted by molar-refractivity contribution is 5.34. The average Bonchev–Trinajstić information content (AvgIpc) is 2.38. The predicted molar refractivity (Wildman–Crippen MR) is 81.8 cm³/mol. The molecule has 0 spiro atoms. The van der Waals surface area contributed by atoms with Crippen LogP contribution >= 0.6 is 0 Å². The fourth-order valence-electron chi connectivity index (χ4n) is 2.32. The standard InChI is InChI=1S/C18H26/c1-5-10-16(6-2)18(14-13-15(3)4)17-11-8-7-9-12-17/h5-12,15,18H,13-14H2,1-4H3/b10-5-,16-6+. The molecular formula is C18H26. The summed E-state index contributed by atoms with van der Waals surface area (Å²) < 4.78 is 0. The molecule has 0 heterocycles. The Hall–Kier alpha value is -1.30. The van der Waals surface area contributed by atoms with E-state index in [4.69, 9.17) is 0 Å². The highest BCUT2D eigenvalue weighted by Gasteiger charge is 2.14. The van der Waals surface area contributed by atoms with Gasteiger partial charge in [0, 0.05) is 5.92 Å². The highest BCUT2D eigenvalue weighted by atomic mass is 14.2. The van der Waals surface area contributed by atoms with Gasteiger partial charge in [0.15, 0.2) is 0 Å². The summed E-state index contributed by atoms with van der Waals surface area (Å²) in [4.78, 5) is 0. The molecule has 0 bridgehead atoms. The molecule has 18 heavy (non-hydrogen) atoms. The second-order valence-corrected chi connectivity index (χ2v) is 5.22. The third kappa shape index (κ3) is 4.52. The molecule has 0 amide bonds. The van der Waals surface area contributed by atoms with E-state index in [2.05, 4.69) is 76.3 Å². The predicted octanol–water partition coefficient (Wildman–Crippen LogP) is 5.73. The van der Waals surface area contributed by atoms with Crippen LogP contribution in [0.1, 0.15) is 52.0 Å². The van der Waals surface area contributed by atoms with E-state index in [-0.39, 0.29) is 0 Å². The molecule has 0 aromatic heterocycles. The first kappa shape index (κ1) is 14.8. The molecule has 1 aromatic carbocycles. The summed E-state index contributed by atoms with van der Waals surface area (Å²) in [6.07, 6.45) is 9.14. The Labute approximate surface area is 112 Å². The maximum atomic E-state index is 2.30. The molecule has 1 rings (SSSR count). The molecule has 98 valence electrons. The molecule has 0 aliphatic heterocycles. The van der Waals surface area contributed by atoms with E-state index in [9.17, 15) is 0 Å². The smallest absolute Gasteiger partial charge is 0.00860 e. The molecule has 0 aliphatic carbocycles. The molecule has 0 fully saturated rings. The van der Waals surface area contributed by atoms with Gasteiger partial charge in [0.2, 0.25) is 0 Å². The second kappa shape index (κ2) is 7.92. The number of benzene rings is 1. The lowest BCUT2D eigenvalue weighted by Crippen LogP contribution is -2.03. The Morgan fingerprint density at radius 2 is 1.72 bits per heavy atom. The third-order valence-corrected chi connectivity index (χ3v) is 3.33. The molecular weight excluding hydrogens is 216 g/mol. The largest absolute Gasteiger partial charge is 0.0874 e. The van der Waals surface area contributed by atoms with Gasteiger partial charge < -0.3 is 0 Å². The molecule has 0 heteroatoms. The Kier molecular flexibility index (Phi) is 6.49. The SMILES string of the molecule is C/C=C\C(=C/C)C(CCC(C)C)c1ccccc1. The van der Waals surface area contributed by atoms with Gasteiger partial charge in [-0.2, -0.15) is 0 Å². The molecule has 0 saturated heterocycles. The van der Waals surface area contributed by atoms with Crippen LogP contribution in [0.15, 0.2) is 54.1 Å². The first-order chi connectivity index (χ1) is 8.69. The monoisotopic (exact) mass is 242 g/mol. The average molecular weight is 242 g/mol. The minimum absolute atomic E-state index is 0.537. The van der Waals surface area contributed by atoms with Gasteiger partial charge in [-0.05, 0) is 37.3 Å². The number of hydrogen-bond acceptors (Lipinski definition) is 0. The molecule has 1 unspecified atom stereocenters. The van der Waals surface area contributed by atoms with Gasteiger partial charge in [-0.25, -0.2) is 0 Å². The van der Waals surface area contributed by atoms with Crippen LogP contribution in [-0.2, 0) is 0 Å². The summed E-state index contributed by atoms with van der Waals surface area (Å²) in [6.45, 7) is 8.83. The quantitative estimate of drug-likeness (QED) is 0.559. The lowest BCUT2D eigenvalue weighted by molar-refractivity contribution is 0.528. The Morgan fingerprint density at radius 3 is 2.22 bits per heavy atom. The Morgan fingerprint density at radius 1 is 1.06 bits per heavy atom. The zero-order chi connectivity index (χ0) is 13.4. The van der Waals surface area contributed by atoms with Gasteiger partial charge in [0.25, 0.3) is 0 Å². The van der Waals surface area contributed by atoms with Crippen molar-refractivity contribution in [1.29, 1.82) is 0 Å². The van der Waals surface area contributed by atoms with E-state index in [1.807, 2.05) is 0 Å². The zero-order valence-corrected chi connectivity index (χ0v) is 12.2. The topological polar surface area (TPSA) is 0 Å². The maximum absolute atomic E-state index is 2.30. The second-order valence-electron chi connectivity index (χ2n) is 5.22. The first-order valence-corrected chi connectivity index (χ1v) is 7.02. The number of rotatable bonds is 6. The Bertz CT molecular complexity index is 382. The van der Waals surface area contributed by atoms with Gasteiger partial charge in [0.1, 0.15) is 0 Å². The van der Waals surface area contributed by atoms with E-state index < -0.39 is 0 Å². The van der Waals surface area contributed by atoms with Gasteiger partial charge in [0.05, 0.1) is 0 Å². The van der Waals surface area contributed by atoms with Crippen molar-refractivity contribution in [2.45, 2.75) is 46.5 Å². The van der Waals surface area contributed by atoms with Crippen LogP contribution in [0.25, 0.3) is 0 Å². The van der Waals surface area contributed by atoms with E-state index >= 15 is 0 Å². The molecule has 0 radical (unpaired) electrons. The molecule has 0 saturated carbocycles. The van der Waals surface area contributed by atoms with Crippen LogP contribution in [0.2, 0.25) is 0 Å². The van der Waals surface area contributed by atoms with Crippen LogP contribution in [0.3, 0.4) is 0 Å². The summed E-state index contributed by atoms with van der Waals surface area (Å²) in [7, 11) is 0. The zero-order valence-electron chi connectivity index (χ0n) is 12.2. The highest BCUT2D eigenvalue weighted by Crippen LogP contribution is 2.31. The van der Waals surface area contributed by atoms with Crippen LogP contribution in [0, 0.1) is 5.92 Å². The third-order valence-electron chi connectivity index (χ3n) is 3.33. The van der Waals surface area contributed by atoms with Crippen LogP contribution in [0.4, 0.5) is 0 Å². The lowest BCUT2D eigenvalue weighted by Gasteiger charge is -2.20. The van der Waals surface area contributed by atoms with Crippen molar-refractivity contribution in [3.8, 4) is 0 Å². The minimum atomic E-state index is 0.537. The molecule has 1 aromatic rings. The fraction of sp³-hybridized carbons (Fsp3) is 0.444. The van der Waals surface area contributed by atoms with Crippen molar-refractivity contribution in [2.75, 3.05) is 0 Å². The van der Waals surface area contributed by atoms with E-state index in [1.165, 1.54) is 24.0 Å². The van der Waals surface area contributed by atoms with Gasteiger partial charge in [-0.3, -0.25) is 0 Å². The van der Waals surface area contributed by atoms with Crippen molar-refractivity contribution in [2.24, 2.45) is 5.92 Å². The molecule has 0 N–H and O–H groups in total. The van der Waals surface area contributed by atoms with Gasteiger partial charge in [-0.1, -0.05) is 68.8 Å². The van der Waals surface area contributed by atoms with E-state index in [1.54, 1.807) is 0 Å².